The van der Waals surface area contributed by atoms with Crippen molar-refractivity contribution in [3.63, 3.8) is 0 Å². The van der Waals surface area contributed by atoms with E-state index in [0.29, 0.717) is 30.9 Å². The predicted molar refractivity (Wildman–Crippen MR) is 102 cm³/mol. The van der Waals surface area contributed by atoms with Crippen molar-refractivity contribution in [3.8, 4) is 5.75 Å². The minimum atomic E-state index is -0.124. The summed E-state index contributed by atoms with van der Waals surface area (Å²) >= 11 is 1.66. The van der Waals surface area contributed by atoms with Crippen LogP contribution in [0.15, 0.2) is 46.1 Å². The Morgan fingerprint density at radius 2 is 2.04 bits per heavy atom. The molecule has 134 valence electrons. The van der Waals surface area contributed by atoms with Crippen molar-refractivity contribution in [1.82, 2.24) is 16.0 Å². The van der Waals surface area contributed by atoms with Gasteiger partial charge in [-0.2, -0.15) is 11.3 Å². The number of thiophene rings is 1. The van der Waals surface area contributed by atoms with E-state index in [2.05, 4.69) is 32.4 Å². The maximum Gasteiger partial charge on any atom is 0.251 e. The Hall–Kier alpha value is -2.54. The first-order valence-corrected chi connectivity index (χ1v) is 9.12. The first-order valence-electron chi connectivity index (χ1n) is 8.18. The molecule has 6 nitrogen and oxygen atoms in total. The molecule has 0 saturated heterocycles. The van der Waals surface area contributed by atoms with Gasteiger partial charge in [0.15, 0.2) is 5.96 Å². The van der Waals surface area contributed by atoms with Gasteiger partial charge in [-0.3, -0.25) is 4.79 Å². The summed E-state index contributed by atoms with van der Waals surface area (Å²) in [4.78, 5) is 16.7. The Kier molecular flexibility index (Phi) is 7.78. The average Bonchev–Trinajstić information content (AvgIpc) is 3.16. The summed E-state index contributed by atoms with van der Waals surface area (Å²) in [6.45, 7) is 4.52. The topological polar surface area (TPSA) is 74.8 Å². The molecule has 2 aromatic rings. The molecule has 0 aliphatic carbocycles. The highest BCUT2D eigenvalue weighted by atomic mass is 32.1. The lowest BCUT2D eigenvalue weighted by molar-refractivity contribution is 0.0954. The van der Waals surface area contributed by atoms with Gasteiger partial charge in [0.1, 0.15) is 5.75 Å². The van der Waals surface area contributed by atoms with E-state index in [4.69, 9.17) is 4.74 Å². The Morgan fingerprint density at radius 3 is 2.76 bits per heavy atom. The molecule has 0 aliphatic rings. The zero-order valence-electron chi connectivity index (χ0n) is 14.5. The fourth-order valence-electron chi connectivity index (χ4n) is 2.12. The number of hydrogen-bond acceptors (Lipinski definition) is 4. The Bertz CT molecular complexity index is 686. The molecule has 1 aromatic carbocycles. The van der Waals surface area contributed by atoms with E-state index >= 15 is 0 Å². The van der Waals surface area contributed by atoms with Crippen LogP contribution in [-0.4, -0.2) is 38.6 Å². The lowest BCUT2D eigenvalue weighted by Gasteiger charge is -2.12. The summed E-state index contributed by atoms with van der Waals surface area (Å²) in [5.41, 5.74) is 1.77. The van der Waals surface area contributed by atoms with Crippen LogP contribution in [0.5, 0.6) is 5.75 Å². The lowest BCUT2D eigenvalue weighted by atomic mass is 10.2. The number of aliphatic imine (C=N–C) groups is 1. The molecule has 0 spiro atoms. The van der Waals surface area contributed by atoms with Crippen LogP contribution < -0.4 is 20.7 Å². The third-order valence-electron chi connectivity index (χ3n) is 3.38. The van der Waals surface area contributed by atoms with E-state index in [1.807, 2.05) is 18.4 Å². The average molecular weight is 360 g/mol. The van der Waals surface area contributed by atoms with E-state index < -0.39 is 0 Å². The second-order valence-corrected chi connectivity index (χ2v) is 6.02. The zero-order chi connectivity index (χ0) is 17.9. The van der Waals surface area contributed by atoms with Crippen molar-refractivity contribution in [2.24, 2.45) is 4.99 Å². The summed E-state index contributed by atoms with van der Waals surface area (Å²) < 4.78 is 5.13. The van der Waals surface area contributed by atoms with Gasteiger partial charge in [-0.05, 0) is 47.5 Å². The minimum Gasteiger partial charge on any atom is -0.497 e. The summed E-state index contributed by atoms with van der Waals surface area (Å²) in [5, 5.41) is 13.4. The van der Waals surface area contributed by atoms with Gasteiger partial charge in [0.05, 0.1) is 13.7 Å². The molecule has 1 amide bonds. The molecule has 0 saturated carbocycles. The monoisotopic (exact) mass is 360 g/mol. The van der Waals surface area contributed by atoms with Crippen molar-refractivity contribution >= 4 is 23.2 Å². The van der Waals surface area contributed by atoms with Gasteiger partial charge in [0, 0.05) is 25.2 Å². The quantitative estimate of drug-likeness (QED) is 0.383. The third kappa shape index (κ3) is 6.46. The Labute approximate surface area is 152 Å². The second-order valence-electron chi connectivity index (χ2n) is 5.24. The maximum absolute atomic E-state index is 12.1. The van der Waals surface area contributed by atoms with E-state index in [-0.39, 0.29) is 5.91 Å². The van der Waals surface area contributed by atoms with Gasteiger partial charge in [0.2, 0.25) is 0 Å². The van der Waals surface area contributed by atoms with Crippen LogP contribution >= 0.6 is 11.3 Å². The van der Waals surface area contributed by atoms with E-state index in [1.165, 1.54) is 5.56 Å². The molecule has 0 bridgehead atoms. The van der Waals surface area contributed by atoms with Gasteiger partial charge >= 0.3 is 0 Å². The second kappa shape index (κ2) is 10.4. The number of carbonyl (C=O) groups excluding carboxylic acids is 1. The van der Waals surface area contributed by atoms with Crippen molar-refractivity contribution < 1.29 is 9.53 Å². The third-order valence-corrected chi connectivity index (χ3v) is 4.11. The van der Waals surface area contributed by atoms with Gasteiger partial charge in [-0.15, -0.1) is 0 Å². The predicted octanol–water partition coefficient (Wildman–Crippen LogP) is 2.24. The van der Waals surface area contributed by atoms with Crippen molar-refractivity contribution in [1.29, 1.82) is 0 Å². The van der Waals surface area contributed by atoms with Crippen LogP contribution in [0.2, 0.25) is 0 Å². The number of methoxy groups -OCH3 is 1. The molecule has 3 N–H and O–H groups in total. The smallest absolute Gasteiger partial charge is 0.251 e. The number of nitrogens with one attached hydrogen (secondary N) is 3. The first-order chi connectivity index (χ1) is 12.2. The number of nitrogens with zero attached hydrogens (tertiary/aromatic N) is 1. The summed E-state index contributed by atoms with van der Waals surface area (Å²) in [7, 11) is 1.58. The number of carbonyl (C=O) groups is 1. The van der Waals surface area contributed by atoms with Crippen molar-refractivity contribution in [3.05, 3.63) is 52.2 Å². The highest BCUT2D eigenvalue weighted by Gasteiger charge is 2.06. The SMILES string of the molecule is CCNC(=NCc1ccsc1)NCCNC(=O)c1cccc(OC)c1. The number of amides is 1. The molecule has 0 radical (unpaired) electrons. The summed E-state index contributed by atoms with van der Waals surface area (Å²) in [5.74, 6) is 1.28. The fourth-order valence-corrected chi connectivity index (χ4v) is 2.78. The van der Waals surface area contributed by atoms with Crippen LogP contribution in [0.1, 0.15) is 22.8 Å². The largest absolute Gasteiger partial charge is 0.497 e. The molecule has 0 unspecified atom stereocenters. The lowest BCUT2D eigenvalue weighted by Crippen LogP contribution is -2.41. The van der Waals surface area contributed by atoms with E-state index in [1.54, 1.807) is 36.6 Å². The number of benzene rings is 1. The van der Waals surface area contributed by atoms with Crippen molar-refractivity contribution in [2.45, 2.75) is 13.5 Å². The molecule has 1 heterocycles. The Balaban J connectivity index is 1.77. The molecule has 1 aromatic heterocycles. The normalized spacial score (nSPS) is 11.0. The Morgan fingerprint density at radius 1 is 1.20 bits per heavy atom. The number of guanidine groups is 1. The molecular weight excluding hydrogens is 336 g/mol. The minimum absolute atomic E-state index is 0.124. The van der Waals surface area contributed by atoms with Gasteiger partial charge < -0.3 is 20.7 Å². The van der Waals surface area contributed by atoms with Crippen LogP contribution in [0.4, 0.5) is 0 Å². The highest BCUT2D eigenvalue weighted by Crippen LogP contribution is 2.12. The van der Waals surface area contributed by atoms with Crippen LogP contribution in [0.3, 0.4) is 0 Å². The van der Waals surface area contributed by atoms with Crippen LogP contribution in [0, 0.1) is 0 Å². The molecule has 0 atom stereocenters. The molecule has 25 heavy (non-hydrogen) atoms. The number of hydrogen-bond donors (Lipinski definition) is 3. The van der Waals surface area contributed by atoms with Crippen LogP contribution in [0.25, 0.3) is 0 Å². The first kappa shape index (κ1) is 18.8. The standard InChI is InChI=1S/C18H24N4O2S/c1-3-19-18(22-12-14-7-10-25-13-14)21-9-8-20-17(23)15-5-4-6-16(11-15)24-2/h4-7,10-11,13H,3,8-9,12H2,1-2H3,(H,20,23)(H2,19,21,22). The fraction of sp³-hybridized carbons (Fsp3) is 0.333. The maximum atomic E-state index is 12.1. The van der Waals surface area contributed by atoms with Gasteiger partial charge in [0.25, 0.3) is 5.91 Å². The number of ether oxygens (including phenoxy) is 1. The number of rotatable bonds is 8. The highest BCUT2D eigenvalue weighted by molar-refractivity contribution is 7.07. The van der Waals surface area contributed by atoms with E-state index in [0.717, 1.165) is 12.5 Å². The molecule has 7 heteroatoms. The summed E-state index contributed by atoms with van der Waals surface area (Å²) in [6.07, 6.45) is 0. The molecule has 2 rings (SSSR count). The summed E-state index contributed by atoms with van der Waals surface area (Å²) in [6, 6.07) is 9.15. The van der Waals surface area contributed by atoms with Crippen molar-refractivity contribution in [2.75, 3.05) is 26.7 Å². The molecule has 0 fully saturated rings. The van der Waals surface area contributed by atoms with Crippen LogP contribution in [-0.2, 0) is 6.54 Å². The van der Waals surface area contributed by atoms with Gasteiger partial charge in [-0.25, -0.2) is 4.99 Å². The van der Waals surface area contributed by atoms with E-state index in [9.17, 15) is 4.79 Å². The molecule has 0 aliphatic heterocycles. The molecular formula is C18H24N4O2S. The van der Waals surface area contributed by atoms with Gasteiger partial charge in [-0.1, -0.05) is 6.07 Å². The zero-order valence-corrected chi connectivity index (χ0v) is 15.4.